The van der Waals surface area contributed by atoms with E-state index in [2.05, 4.69) is 25.9 Å². The molecule has 7 nitrogen and oxygen atoms in total. The summed E-state index contributed by atoms with van der Waals surface area (Å²) < 4.78 is 8.98. The summed E-state index contributed by atoms with van der Waals surface area (Å²) in [6.45, 7) is 0.356. The third kappa shape index (κ3) is 3.11. The van der Waals surface area contributed by atoms with Crippen molar-refractivity contribution < 1.29 is 4.74 Å². The molecule has 3 rings (SSSR count). The monoisotopic (exact) mass is 375 g/mol. The molecule has 0 atom stereocenters. The van der Waals surface area contributed by atoms with E-state index in [0.717, 1.165) is 15.8 Å². The Morgan fingerprint density at radius 2 is 2.00 bits per heavy atom. The molecule has 3 aromatic rings. The molecular weight excluding hydrogens is 362 g/mol. The molecule has 0 saturated carbocycles. The van der Waals surface area contributed by atoms with Crippen molar-refractivity contribution in [3.05, 3.63) is 63.4 Å². The van der Waals surface area contributed by atoms with Gasteiger partial charge in [-0.05, 0) is 39.7 Å². The van der Waals surface area contributed by atoms with Crippen LogP contribution < -0.4 is 16.2 Å². The Morgan fingerprint density at radius 3 is 2.70 bits per heavy atom. The Hall–Kier alpha value is -2.61. The highest BCUT2D eigenvalue weighted by molar-refractivity contribution is 9.10. The van der Waals surface area contributed by atoms with E-state index in [9.17, 15) is 4.79 Å². The first-order valence-electron chi connectivity index (χ1n) is 6.77. The van der Waals surface area contributed by atoms with Crippen LogP contribution in [0.25, 0.3) is 5.69 Å². The maximum absolute atomic E-state index is 12.1. The van der Waals surface area contributed by atoms with Crippen LogP contribution in [0.2, 0.25) is 0 Å². The van der Waals surface area contributed by atoms with E-state index in [0.29, 0.717) is 18.1 Å². The van der Waals surface area contributed by atoms with Gasteiger partial charge in [0.25, 0.3) is 0 Å². The summed E-state index contributed by atoms with van der Waals surface area (Å²) in [4.78, 5) is 20.0. The topological polar surface area (TPSA) is 88.0 Å². The van der Waals surface area contributed by atoms with E-state index < -0.39 is 0 Å². The van der Waals surface area contributed by atoms with Crippen molar-refractivity contribution in [3.63, 3.8) is 0 Å². The third-order valence-corrected chi connectivity index (χ3v) is 3.79. The van der Waals surface area contributed by atoms with Gasteiger partial charge in [-0.2, -0.15) is 4.98 Å². The Kier molecular flexibility index (Phi) is 4.16. The Morgan fingerprint density at radius 1 is 1.26 bits per heavy atom. The summed E-state index contributed by atoms with van der Waals surface area (Å²) in [7, 11) is 1.61. The van der Waals surface area contributed by atoms with Gasteiger partial charge in [-0.25, -0.2) is 19.1 Å². The highest BCUT2D eigenvalue weighted by Crippen LogP contribution is 2.19. The summed E-state index contributed by atoms with van der Waals surface area (Å²) in [5.41, 5.74) is 7.08. The smallest absolute Gasteiger partial charge is 0.364 e. The van der Waals surface area contributed by atoms with Crippen LogP contribution in [0.3, 0.4) is 0 Å². The van der Waals surface area contributed by atoms with Gasteiger partial charge in [-0.15, -0.1) is 0 Å². The number of nitrogens with two attached hydrogens (primary N) is 1. The third-order valence-electron chi connectivity index (χ3n) is 3.36. The van der Waals surface area contributed by atoms with Crippen LogP contribution in [0.4, 0.5) is 5.82 Å². The maximum atomic E-state index is 12.1. The first-order chi connectivity index (χ1) is 11.1. The molecule has 0 bridgehead atoms. The molecule has 2 heterocycles. The first kappa shape index (κ1) is 15.3. The number of pyridine rings is 1. The van der Waals surface area contributed by atoms with Gasteiger partial charge in [-0.3, -0.25) is 0 Å². The number of rotatable bonds is 4. The second kappa shape index (κ2) is 6.25. The largest absolute Gasteiger partial charge is 0.497 e. The van der Waals surface area contributed by atoms with Crippen molar-refractivity contribution in [3.8, 4) is 11.4 Å². The zero-order valence-electron chi connectivity index (χ0n) is 12.3. The van der Waals surface area contributed by atoms with Gasteiger partial charge in [0, 0.05) is 10.7 Å². The van der Waals surface area contributed by atoms with Crippen molar-refractivity contribution in [2.45, 2.75) is 6.54 Å². The number of aromatic nitrogens is 4. The number of halogens is 1. The molecule has 118 valence electrons. The van der Waals surface area contributed by atoms with Gasteiger partial charge >= 0.3 is 5.69 Å². The van der Waals surface area contributed by atoms with Gasteiger partial charge in [0.15, 0.2) is 0 Å². The molecule has 0 aliphatic heterocycles. The maximum Gasteiger partial charge on any atom is 0.364 e. The Balaban J connectivity index is 2.01. The van der Waals surface area contributed by atoms with Gasteiger partial charge in [0.2, 0.25) is 0 Å². The molecule has 8 heteroatoms. The lowest BCUT2D eigenvalue weighted by Gasteiger charge is -2.12. The zero-order valence-corrected chi connectivity index (χ0v) is 13.9. The van der Waals surface area contributed by atoms with E-state index >= 15 is 0 Å². The van der Waals surface area contributed by atoms with E-state index in [4.69, 9.17) is 10.5 Å². The molecule has 0 radical (unpaired) electrons. The number of hydrogen-bond donors (Lipinski definition) is 1. The van der Waals surface area contributed by atoms with Crippen LogP contribution in [0, 0.1) is 0 Å². The van der Waals surface area contributed by atoms with Crippen LogP contribution in [0.15, 0.2) is 52.1 Å². The predicted molar refractivity (Wildman–Crippen MR) is 89.8 cm³/mol. The molecule has 2 aromatic heterocycles. The van der Waals surface area contributed by atoms with E-state index in [-0.39, 0.29) is 5.69 Å². The molecule has 0 aliphatic rings. The van der Waals surface area contributed by atoms with Gasteiger partial charge < -0.3 is 10.5 Å². The Labute approximate surface area is 140 Å². The van der Waals surface area contributed by atoms with E-state index in [1.165, 1.54) is 11.0 Å². The quantitative estimate of drug-likeness (QED) is 0.751. The SMILES string of the molecule is COc1ccc(Cn2c(=O)ncn2-c2cc(Br)cnc2N)cc1. The van der Waals surface area contributed by atoms with Gasteiger partial charge in [0.1, 0.15) is 23.6 Å². The van der Waals surface area contributed by atoms with Crippen LogP contribution in [0.5, 0.6) is 5.75 Å². The van der Waals surface area contributed by atoms with Crippen molar-refractivity contribution in [2.24, 2.45) is 0 Å². The molecule has 0 aliphatic carbocycles. The standard InChI is InChI=1S/C15H14BrN5O2/c1-23-12-4-2-10(3-5-12)8-20-15(22)19-9-21(20)13-6-11(16)7-18-14(13)17/h2-7,9H,8H2,1H3,(H2,17,18). The molecular formula is C15H14BrN5O2. The van der Waals surface area contributed by atoms with Crippen LogP contribution in [-0.4, -0.2) is 26.4 Å². The molecule has 0 amide bonds. The summed E-state index contributed by atoms with van der Waals surface area (Å²) in [6.07, 6.45) is 3.04. The molecule has 2 N–H and O–H groups in total. The summed E-state index contributed by atoms with van der Waals surface area (Å²) in [5, 5.41) is 0. The molecule has 23 heavy (non-hydrogen) atoms. The molecule has 0 spiro atoms. The zero-order chi connectivity index (χ0) is 16.4. The average molecular weight is 376 g/mol. The number of nitrogen functional groups attached to an aromatic ring is 1. The van der Waals surface area contributed by atoms with Gasteiger partial charge in [-0.1, -0.05) is 12.1 Å². The van der Waals surface area contributed by atoms with E-state index in [1.54, 1.807) is 24.1 Å². The summed E-state index contributed by atoms with van der Waals surface area (Å²) in [6, 6.07) is 9.26. The lowest BCUT2D eigenvalue weighted by atomic mass is 10.2. The number of ether oxygens (including phenoxy) is 1. The second-order valence-corrected chi connectivity index (χ2v) is 5.75. The van der Waals surface area contributed by atoms with Crippen molar-refractivity contribution in [2.75, 3.05) is 12.8 Å². The molecule has 1 aromatic carbocycles. The first-order valence-corrected chi connectivity index (χ1v) is 7.56. The normalized spacial score (nSPS) is 10.7. The summed E-state index contributed by atoms with van der Waals surface area (Å²) in [5.74, 6) is 1.07. The fraction of sp³-hybridized carbons (Fsp3) is 0.133. The number of anilines is 1. The Bertz CT molecular complexity index is 886. The van der Waals surface area contributed by atoms with Gasteiger partial charge in [0.05, 0.1) is 13.7 Å². The average Bonchev–Trinajstić information content (AvgIpc) is 2.91. The van der Waals surface area contributed by atoms with Crippen LogP contribution in [-0.2, 0) is 6.54 Å². The highest BCUT2D eigenvalue weighted by Gasteiger charge is 2.11. The number of methoxy groups -OCH3 is 1. The minimum Gasteiger partial charge on any atom is -0.497 e. The number of benzene rings is 1. The van der Waals surface area contributed by atoms with E-state index in [1.807, 2.05) is 24.3 Å². The molecule has 0 unspecified atom stereocenters. The van der Waals surface area contributed by atoms with Crippen LogP contribution in [0.1, 0.15) is 5.56 Å². The minimum atomic E-state index is -0.361. The highest BCUT2D eigenvalue weighted by atomic mass is 79.9. The number of nitrogens with zero attached hydrogens (tertiary/aromatic N) is 4. The van der Waals surface area contributed by atoms with Crippen LogP contribution >= 0.6 is 15.9 Å². The lowest BCUT2D eigenvalue weighted by Crippen LogP contribution is -2.24. The van der Waals surface area contributed by atoms with Crippen molar-refractivity contribution >= 4 is 21.7 Å². The minimum absolute atomic E-state index is 0.314. The molecule has 0 saturated heterocycles. The van der Waals surface area contributed by atoms with Crippen molar-refractivity contribution in [1.29, 1.82) is 0 Å². The fourth-order valence-corrected chi connectivity index (χ4v) is 2.51. The van der Waals surface area contributed by atoms with Crippen molar-refractivity contribution in [1.82, 2.24) is 19.3 Å². The second-order valence-electron chi connectivity index (χ2n) is 4.84. The fourth-order valence-electron chi connectivity index (χ4n) is 2.19. The number of hydrogen-bond acceptors (Lipinski definition) is 5. The summed E-state index contributed by atoms with van der Waals surface area (Å²) >= 11 is 3.35. The lowest BCUT2D eigenvalue weighted by molar-refractivity contribution is 0.414. The predicted octanol–water partition coefficient (Wildman–Crippen LogP) is 1.83. The molecule has 0 fully saturated rings.